The second kappa shape index (κ2) is 5.94. The number of hydrogen-bond acceptors (Lipinski definition) is 6. The van der Waals surface area contributed by atoms with Gasteiger partial charge in [0, 0.05) is 23.5 Å². The molecule has 2 aromatic rings. The van der Waals surface area contributed by atoms with Gasteiger partial charge >= 0.3 is 0 Å². The minimum atomic E-state index is -0.0404. The number of likely N-dealkylation sites (tertiary alicyclic amines) is 1. The van der Waals surface area contributed by atoms with Crippen LogP contribution in [0, 0.1) is 6.92 Å². The molecule has 8 heteroatoms. The summed E-state index contributed by atoms with van der Waals surface area (Å²) in [6.07, 6.45) is 0.810. The Hall–Kier alpha value is -2.35. The van der Waals surface area contributed by atoms with Gasteiger partial charge in [-0.25, -0.2) is 0 Å². The third-order valence-electron chi connectivity index (χ3n) is 4.23. The molecule has 0 unspecified atom stereocenters. The zero-order valence-electron chi connectivity index (χ0n) is 13.1. The second-order valence-corrected chi connectivity index (χ2v) is 6.98. The van der Waals surface area contributed by atoms with Crippen LogP contribution in [-0.4, -0.2) is 45.7 Å². The van der Waals surface area contributed by atoms with Crippen LogP contribution in [0.25, 0.3) is 0 Å². The second-order valence-electron chi connectivity index (χ2n) is 5.96. The molecule has 1 aromatic carbocycles. The Morgan fingerprint density at radius 2 is 2.33 bits per heavy atom. The summed E-state index contributed by atoms with van der Waals surface area (Å²) in [7, 11) is 0. The molecule has 1 saturated heterocycles. The smallest absolute Gasteiger partial charge is 0.253 e. The van der Waals surface area contributed by atoms with Crippen molar-refractivity contribution in [2.24, 2.45) is 0 Å². The molecular formula is C16H16N4O3S. The van der Waals surface area contributed by atoms with Gasteiger partial charge in [-0.1, -0.05) is 5.16 Å². The zero-order valence-corrected chi connectivity index (χ0v) is 13.9. The van der Waals surface area contributed by atoms with Crippen molar-refractivity contribution in [2.75, 3.05) is 24.2 Å². The van der Waals surface area contributed by atoms with Crippen LogP contribution in [0.3, 0.4) is 0 Å². The van der Waals surface area contributed by atoms with E-state index in [9.17, 15) is 9.59 Å². The Morgan fingerprint density at radius 3 is 3.12 bits per heavy atom. The van der Waals surface area contributed by atoms with Gasteiger partial charge in [0.15, 0.2) is 5.82 Å². The third-order valence-corrected chi connectivity index (χ3v) is 5.30. The summed E-state index contributed by atoms with van der Waals surface area (Å²) < 4.78 is 5.22. The molecule has 1 N–H and O–H groups in total. The number of nitrogens with one attached hydrogen (secondary N) is 1. The van der Waals surface area contributed by atoms with E-state index in [1.165, 1.54) is 11.8 Å². The zero-order chi connectivity index (χ0) is 16.7. The number of anilines is 1. The highest BCUT2D eigenvalue weighted by atomic mass is 32.2. The normalized spacial score (nSPS) is 20.0. The predicted molar refractivity (Wildman–Crippen MR) is 88.1 cm³/mol. The van der Waals surface area contributed by atoms with Crippen LogP contribution in [0.1, 0.15) is 34.4 Å². The lowest BCUT2D eigenvalue weighted by atomic mass is 10.1. The molecule has 0 bridgehead atoms. The van der Waals surface area contributed by atoms with E-state index in [-0.39, 0.29) is 17.7 Å². The number of rotatable bonds is 2. The molecule has 0 radical (unpaired) electrons. The van der Waals surface area contributed by atoms with Gasteiger partial charge in [0.05, 0.1) is 17.4 Å². The standard InChI is InChI=1S/C16H16N4O3S/c1-9-17-15(23-19-9)11-4-5-20(7-11)16(22)10-2-3-13-12(6-10)18-14(21)8-24-13/h2-3,6,11H,4-5,7-8H2,1H3,(H,18,21)/t11-/m1/s1. The average Bonchev–Trinajstić information content (AvgIpc) is 3.22. The van der Waals surface area contributed by atoms with Crippen molar-refractivity contribution in [1.82, 2.24) is 15.0 Å². The Morgan fingerprint density at radius 1 is 1.46 bits per heavy atom. The Balaban J connectivity index is 1.50. The quantitative estimate of drug-likeness (QED) is 0.897. The van der Waals surface area contributed by atoms with Crippen LogP contribution in [0.4, 0.5) is 5.69 Å². The van der Waals surface area contributed by atoms with Crippen LogP contribution in [0.5, 0.6) is 0 Å². The molecule has 0 spiro atoms. The molecule has 2 aliphatic rings. The van der Waals surface area contributed by atoms with E-state index in [2.05, 4.69) is 15.5 Å². The average molecular weight is 344 g/mol. The van der Waals surface area contributed by atoms with Crippen molar-refractivity contribution in [3.05, 3.63) is 35.5 Å². The summed E-state index contributed by atoms with van der Waals surface area (Å²) in [4.78, 5) is 31.3. The van der Waals surface area contributed by atoms with E-state index in [0.29, 0.717) is 41.8 Å². The van der Waals surface area contributed by atoms with Crippen LogP contribution >= 0.6 is 11.8 Å². The Labute approximate surface area is 142 Å². The van der Waals surface area contributed by atoms with E-state index in [0.717, 1.165) is 11.3 Å². The summed E-state index contributed by atoms with van der Waals surface area (Å²) in [6.45, 7) is 3.01. The van der Waals surface area contributed by atoms with Crippen LogP contribution < -0.4 is 5.32 Å². The van der Waals surface area contributed by atoms with Gasteiger partial charge in [-0.2, -0.15) is 4.98 Å². The number of carbonyl (C=O) groups is 2. The molecular weight excluding hydrogens is 328 g/mol. The SMILES string of the molecule is Cc1noc([C@@H]2CCN(C(=O)c3ccc4c(c3)NC(=O)CS4)C2)n1. The number of amides is 2. The minimum Gasteiger partial charge on any atom is -0.339 e. The molecule has 2 amide bonds. The van der Waals surface area contributed by atoms with E-state index >= 15 is 0 Å². The molecule has 1 atom stereocenters. The highest BCUT2D eigenvalue weighted by Gasteiger charge is 2.31. The van der Waals surface area contributed by atoms with Gasteiger partial charge < -0.3 is 14.7 Å². The van der Waals surface area contributed by atoms with Crippen molar-refractivity contribution in [3.8, 4) is 0 Å². The molecule has 3 heterocycles. The Kier molecular flexibility index (Phi) is 3.76. The first-order chi connectivity index (χ1) is 11.6. The molecule has 4 rings (SSSR count). The number of hydrogen-bond donors (Lipinski definition) is 1. The molecule has 1 aromatic heterocycles. The fourth-order valence-electron chi connectivity index (χ4n) is 3.02. The molecule has 7 nitrogen and oxygen atoms in total. The molecule has 1 fully saturated rings. The predicted octanol–water partition coefficient (Wildman–Crippen LogP) is 2.05. The van der Waals surface area contributed by atoms with Crippen molar-refractivity contribution < 1.29 is 14.1 Å². The van der Waals surface area contributed by atoms with Crippen molar-refractivity contribution in [3.63, 3.8) is 0 Å². The van der Waals surface area contributed by atoms with E-state index in [4.69, 9.17) is 4.52 Å². The van der Waals surface area contributed by atoms with Crippen LogP contribution in [0.2, 0.25) is 0 Å². The van der Waals surface area contributed by atoms with Gasteiger partial charge in [-0.05, 0) is 31.5 Å². The monoisotopic (exact) mass is 344 g/mol. The highest BCUT2D eigenvalue weighted by molar-refractivity contribution is 8.00. The largest absolute Gasteiger partial charge is 0.339 e. The third kappa shape index (κ3) is 2.77. The first-order valence-electron chi connectivity index (χ1n) is 7.76. The summed E-state index contributed by atoms with van der Waals surface area (Å²) in [5.41, 5.74) is 1.30. The number of benzene rings is 1. The topological polar surface area (TPSA) is 88.3 Å². The van der Waals surface area contributed by atoms with Crippen molar-refractivity contribution in [1.29, 1.82) is 0 Å². The molecule has 0 aliphatic carbocycles. The maximum Gasteiger partial charge on any atom is 0.253 e. The summed E-state index contributed by atoms with van der Waals surface area (Å²) >= 11 is 1.48. The highest BCUT2D eigenvalue weighted by Crippen LogP contribution is 2.33. The fourth-order valence-corrected chi connectivity index (χ4v) is 3.81. The fraction of sp³-hybridized carbons (Fsp3) is 0.375. The van der Waals surface area contributed by atoms with Gasteiger partial charge in [-0.3, -0.25) is 9.59 Å². The first-order valence-corrected chi connectivity index (χ1v) is 8.75. The number of aromatic nitrogens is 2. The molecule has 2 aliphatic heterocycles. The van der Waals surface area contributed by atoms with Gasteiger partial charge in [0.2, 0.25) is 11.8 Å². The molecule has 0 saturated carbocycles. The van der Waals surface area contributed by atoms with Crippen LogP contribution in [0.15, 0.2) is 27.6 Å². The maximum absolute atomic E-state index is 12.7. The number of aryl methyl sites for hydroxylation is 1. The lowest BCUT2D eigenvalue weighted by Gasteiger charge is -2.19. The van der Waals surface area contributed by atoms with Gasteiger partial charge in [0.1, 0.15) is 0 Å². The number of fused-ring (bicyclic) bond motifs is 1. The molecule has 24 heavy (non-hydrogen) atoms. The van der Waals surface area contributed by atoms with Crippen molar-refractivity contribution in [2.45, 2.75) is 24.2 Å². The van der Waals surface area contributed by atoms with E-state index in [1.54, 1.807) is 17.9 Å². The van der Waals surface area contributed by atoms with Gasteiger partial charge in [-0.15, -0.1) is 11.8 Å². The maximum atomic E-state index is 12.7. The summed E-state index contributed by atoms with van der Waals surface area (Å²) in [5, 5.41) is 6.63. The van der Waals surface area contributed by atoms with Crippen molar-refractivity contribution >= 4 is 29.3 Å². The number of carbonyl (C=O) groups excluding carboxylic acids is 2. The number of thioether (sulfide) groups is 1. The summed E-state index contributed by atoms with van der Waals surface area (Å²) in [5.74, 6) is 1.63. The molecule has 124 valence electrons. The number of nitrogens with zero attached hydrogens (tertiary/aromatic N) is 3. The lowest BCUT2D eigenvalue weighted by Crippen LogP contribution is -2.29. The van der Waals surface area contributed by atoms with E-state index < -0.39 is 0 Å². The van der Waals surface area contributed by atoms with Crippen LogP contribution in [-0.2, 0) is 4.79 Å². The van der Waals surface area contributed by atoms with E-state index in [1.807, 2.05) is 12.1 Å². The lowest BCUT2D eigenvalue weighted by molar-refractivity contribution is -0.113. The minimum absolute atomic E-state index is 0.0369. The summed E-state index contributed by atoms with van der Waals surface area (Å²) in [6, 6.07) is 5.46. The Bertz CT molecular complexity index is 819. The first kappa shape index (κ1) is 15.2. The van der Waals surface area contributed by atoms with Gasteiger partial charge in [0.25, 0.3) is 5.91 Å².